The lowest BCUT2D eigenvalue weighted by molar-refractivity contribution is 0.0628. The predicted molar refractivity (Wildman–Crippen MR) is 121 cm³/mol. The molecule has 5 nitrogen and oxygen atoms in total. The summed E-state index contributed by atoms with van der Waals surface area (Å²) in [5, 5.41) is 3.21. The van der Waals surface area contributed by atoms with E-state index >= 15 is 0 Å². The van der Waals surface area contributed by atoms with Crippen molar-refractivity contribution >= 4 is 17.2 Å². The number of ether oxygens (including phenoxy) is 1. The highest BCUT2D eigenvalue weighted by molar-refractivity contribution is 7.09. The Balaban J connectivity index is 1.33. The minimum Gasteiger partial charge on any atom is -0.497 e. The lowest BCUT2D eigenvalue weighted by Crippen LogP contribution is -2.48. The molecule has 2 aromatic carbocycles. The van der Waals surface area contributed by atoms with Crippen molar-refractivity contribution < 1.29 is 9.53 Å². The highest BCUT2D eigenvalue weighted by Gasteiger charge is 2.23. The van der Waals surface area contributed by atoms with Crippen molar-refractivity contribution in [1.29, 1.82) is 0 Å². The maximum Gasteiger partial charge on any atom is 0.253 e. The van der Waals surface area contributed by atoms with Crippen LogP contribution in [-0.4, -0.2) is 54.0 Å². The highest BCUT2D eigenvalue weighted by atomic mass is 32.1. The average Bonchev–Trinajstić information content (AvgIpc) is 3.21. The van der Waals surface area contributed by atoms with Gasteiger partial charge in [-0.3, -0.25) is 9.69 Å². The molecule has 0 unspecified atom stereocenters. The van der Waals surface area contributed by atoms with Gasteiger partial charge in [-0.2, -0.15) is 0 Å². The quantitative estimate of drug-likeness (QED) is 0.613. The normalized spacial score (nSPS) is 14.7. The standard InChI is InChI=1S/C24H27N3O2S/c1-17-12-18(2)14-20(13-17)24(28)27-10-8-26(9-11-27)15-23-25-22(16-30-23)19-4-6-21(29-3)7-5-19/h4-7,12-14,16H,8-11,15H2,1-3H3. The number of carbonyl (C=O) groups excluding carboxylic acids is 1. The van der Waals surface area contributed by atoms with Gasteiger partial charge in [-0.1, -0.05) is 17.2 Å². The second-order valence-electron chi connectivity index (χ2n) is 7.80. The van der Waals surface area contributed by atoms with Crippen LogP contribution in [0.1, 0.15) is 26.5 Å². The van der Waals surface area contributed by atoms with Gasteiger partial charge in [0.05, 0.1) is 19.3 Å². The van der Waals surface area contributed by atoms with Crippen LogP contribution < -0.4 is 4.74 Å². The third kappa shape index (κ3) is 4.71. The SMILES string of the molecule is COc1ccc(-c2csc(CN3CCN(C(=O)c4cc(C)cc(C)c4)CC3)n2)cc1. The Morgan fingerprint density at radius 1 is 1.03 bits per heavy atom. The summed E-state index contributed by atoms with van der Waals surface area (Å²) in [6.07, 6.45) is 0. The van der Waals surface area contributed by atoms with E-state index in [-0.39, 0.29) is 5.91 Å². The maximum absolute atomic E-state index is 12.9. The van der Waals surface area contributed by atoms with Crippen LogP contribution >= 0.6 is 11.3 Å². The number of benzene rings is 2. The molecule has 156 valence electrons. The van der Waals surface area contributed by atoms with Gasteiger partial charge in [-0.15, -0.1) is 11.3 Å². The molecule has 4 rings (SSSR count). The molecular formula is C24H27N3O2S. The van der Waals surface area contributed by atoms with E-state index in [0.717, 1.165) is 71.4 Å². The van der Waals surface area contributed by atoms with Crippen molar-refractivity contribution in [3.8, 4) is 17.0 Å². The number of rotatable bonds is 5. The lowest BCUT2D eigenvalue weighted by atomic mass is 10.1. The number of hydrogen-bond donors (Lipinski definition) is 0. The molecule has 1 fully saturated rings. The summed E-state index contributed by atoms with van der Waals surface area (Å²) < 4.78 is 5.22. The lowest BCUT2D eigenvalue weighted by Gasteiger charge is -2.34. The number of hydrogen-bond acceptors (Lipinski definition) is 5. The van der Waals surface area contributed by atoms with Gasteiger partial charge in [0, 0.05) is 42.7 Å². The molecule has 0 radical (unpaired) electrons. The number of amides is 1. The zero-order chi connectivity index (χ0) is 21.1. The summed E-state index contributed by atoms with van der Waals surface area (Å²) in [5.41, 5.74) is 5.16. The van der Waals surface area contributed by atoms with Crippen LogP contribution in [0.2, 0.25) is 0 Å². The van der Waals surface area contributed by atoms with E-state index in [2.05, 4.69) is 16.3 Å². The summed E-state index contributed by atoms with van der Waals surface area (Å²) in [4.78, 5) is 22.0. The molecule has 0 bridgehead atoms. The Morgan fingerprint density at radius 2 is 1.70 bits per heavy atom. The Bertz CT molecular complexity index is 1000. The molecule has 30 heavy (non-hydrogen) atoms. The minimum atomic E-state index is 0.137. The summed E-state index contributed by atoms with van der Waals surface area (Å²) >= 11 is 1.69. The van der Waals surface area contributed by atoms with E-state index in [4.69, 9.17) is 9.72 Å². The molecule has 2 heterocycles. The molecule has 1 aliphatic heterocycles. The summed E-state index contributed by atoms with van der Waals surface area (Å²) in [6.45, 7) is 8.14. The largest absolute Gasteiger partial charge is 0.497 e. The van der Waals surface area contributed by atoms with Crippen molar-refractivity contribution in [2.75, 3.05) is 33.3 Å². The third-order valence-electron chi connectivity index (χ3n) is 5.42. The van der Waals surface area contributed by atoms with E-state index < -0.39 is 0 Å². The first kappa shape index (κ1) is 20.6. The number of nitrogens with zero attached hydrogens (tertiary/aromatic N) is 3. The van der Waals surface area contributed by atoms with E-state index in [1.165, 1.54) is 0 Å². The fourth-order valence-corrected chi connectivity index (χ4v) is 4.70. The first-order valence-corrected chi connectivity index (χ1v) is 11.1. The molecule has 1 saturated heterocycles. The van der Waals surface area contributed by atoms with Gasteiger partial charge < -0.3 is 9.64 Å². The molecule has 1 aromatic heterocycles. The third-order valence-corrected chi connectivity index (χ3v) is 6.26. The molecule has 0 atom stereocenters. The second kappa shape index (κ2) is 8.98. The molecule has 1 amide bonds. The topological polar surface area (TPSA) is 45.7 Å². The first-order chi connectivity index (χ1) is 14.5. The number of carbonyl (C=O) groups is 1. The molecule has 1 aliphatic rings. The van der Waals surface area contributed by atoms with E-state index in [0.29, 0.717) is 0 Å². The molecule has 3 aromatic rings. The van der Waals surface area contributed by atoms with Crippen LogP contribution in [0.15, 0.2) is 47.8 Å². The van der Waals surface area contributed by atoms with Gasteiger partial charge in [0.25, 0.3) is 5.91 Å². The van der Waals surface area contributed by atoms with Crippen LogP contribution in [0.4, 0.5) is 0 Å². The predicted octanol–water partition coefficient (Wildman–Crippen LogP) is 4.39. The average molecular weight is 422 g/mol. The van der Waals surface area contributed by atoms with Crippen LogP contribution in [0.25, 0.3) is 11.3 Å². The number of methoxy groups -OCH3 is 1. The van der Waals surface area contributed by atoms with Crippen molar-refractivity contribution in [1.82, 2.24) is 14.8 Å². The van der Waals surface area contributed by atoms with Crippen LogP contribution in [0, 0.1) is 13.8 Å². The van der Waals surface area contributed by atoms with Crippen LogP contribution in [-0.2, 0) is 6.54 Å². The molecule has 0 aliphatic carbocycles. The zero-order valence-electron chi connectivity index (χ0n) is 17.7. The monoisotopic (exact) mass is 421 g/mol. The fraction of sp³-hybridized carbons (Fsp3) is 0.333. The summed E-state index contributed by atoms with van der Waals surface area (Å²) in [6, 6.07) is 14.1. The van der Waals surface area contributed by atoms with E-state index in [9.17, 15) is 4.79 Å². The Labute approximate surface area is 181 Å². The van der Waals surface area contributed by atoms with E-state index in [1.807, 2.05) is 55.1 Å². The number of piperazine rings is 1. The van der Waals surface area contributed by atoms with Crippen LogP contribution in [0.3, 0.4) is 0 Å². The molecule has 6 heteroatoms. The first-order valence-electron chi connectivity index (χ1n) is 10.2. The fourth-order valence-electron chi connectivity index (χ4n) is 3.86. The minimum absolute atomic E-state index is 0.137. The molecular weight excluding hydrogens is 394 g/mol. The van der Waals surface area contributed by atoms with Gasteiger partial charge >= 0.3 is 0 Å². The number of aromatic nitrogens is 1. The maximum atomic E-state index is 12.9. The van der Waals surface area contributed by atoms with Gasteiger partial charge in [0.1, 0.15) is 10.8 Å². The van der Waals surface area contributed by atoms with Crippen molar-refractivity contribution in [3.63, 3.8) is 0 Å². The highest BCUT2D eigenvalue weighted by Crippen LogP contribution is 2.25. The Morgan fingerprint density at radius 3 is 2.33 bits per heavy atom. The second-order valence-corrected chi connectivity index (χ2v) is 8.74. The van der Waals surface area contributed by atoms with Crippen LogP contribution in [0.5, 0.6) is 5.75 Å². The van der Waals surface area contributed by atoms with Gasteiger partial charge in [0.2, 0.25) is 0 Å². The van der Waals surface area contributed by atoms with Gasteiger partial charge in [0.15, 0.2) is 0 Å². The van der Waals surface area contributed by atoms with Gasteiger partial charge in [-0.05, 0) is 50.2 Å². The summed E-state index contributed by atoms with van der Waals surface area (Å²) in [7, 11) is 1.67. The van der Waals surface area contributed by atoms with E-state index in [1.54, 1.807) is 18.4 Å². The smallest absolute Gasteiger partial charge is 0.253 e. The Hall–Kier alpha value is -2.70. The van der Waals surface area contributed by atoms with Crippen molar-refractivity contribution in [2.24, 2.45) is 0 Å². The van der Waals surface area contributed by atoms with Crippen molar-refractivity contribution in [3.05, 3.63) is 69.5 Å². The van der Waals surface area contributed by atoms with Gasteiger partial charge in [-0.25, -0.2) is 4.98 Å². The van der Waals surface area contributed by atoms with Crippen molar-refractivity contribution in [2.45, 2.75) is 20.4 Å². The molecule has 0 N–H and O–H groups in total. The molecule has 0 saturated carbocycles. The zero-order valence-corrected chi connectivity index (χ0v) is 18.5. The summed E-state index contributed by atoms with van der Waals surface area (Å²) in [5.74, 6) is 0.986. The Kier molecular flexibility index (Phi) is 6.16. The molecule has 0 spiro atoms. The number of thiazole rings is 1. The number of aryl methyl sites for hydroxylation is 2.